The molecule has 0 aliphatic heterocycles. The molecule has 0 aliphatic carbocycles. The number of sulfone groups is 1. The van der Waals surface area contributed by atoms with Gasteiger partial charge >= 0.3 is 0 Å². The minimum atomic E-state index is -3.22. The van der Waals surface area contributed by atoms with Crippen molar-refractivity contribution < 1.29 is 13.5 Å². The summed E-state index contributed by atoms with van der Waals surface area (Å²) < 4.78 is 23.8. The summed E-state index contributed by atoms with van der Waals surface area (Å²) in [4.78, 5) is 8.92. The number of fused-ring (bicyclic) bond motifs is 1. The molecule has 1 heterocycles. The highest BCUT2D eigenvalue weighted by Gasteiger charge is 2.12. The summed E-state index contributed by atoms with van der Waals surface area (Å²) in [6, 6.07) is 12.3. The molecule has 0 fully saturated rings. The summed E-state index contributed by atoms with van der Waals surface area (Å²) in [6.45, 7) is 1.19. The molecule has 3 rings (SSSR count). The van der Waals surface area contributed by atoms with Crippen molar-refractivity contribution in [2.24, 2.45) is 0 Å². The highest BCUT2D eigenvalue weighted by atomic mass is 32.2. The second kappa shape index (κ2) is 6.06. The smallest absolute Gasteiger partial charge is 0.178 e. The van der Waals surface area contributed by atoms with E-state index in [9.17, 15) is 13.5 Å². The Hall–Kier alpha value is -2.31. The van der Waals surface area contributed by atoms with Crippen LogP contribution in [0.3, 0.4) is 0 Å². The van der Waals surface area contributed by atoms with E-state index >= 15 is 0 Å². The molecule has 2 aromatic carbocycles. The van der Waals surface area contributed by atoms with Crippen molar-refractivity contribution in [3.05, 3.63) is 54.4 Å². The first-order chi connectivity index (χ1) is 11.0. The van der Waals surface area contributed by atoms with E-state index in [1.807, 2.05) is 18.2 Å². The molecule has 0 atom stereocenters. The van der Waals surface area contributed by atoms with Crippen LogP contribution < -0.4 is 0 Å². The third-order valence-corrected chi connectivity index (χ3v) is 5.43. The lowest BCUT2D eigenvalue weighted by Crippen LogP contribution is -2.03. The maximum atomic E-state index is 11.9. The fourth-order valence-electron chi connectivity index (χ4n) is 2.38. The predicted octanol–water partition coefficient (Wildman–Crippen LogP) is 3.02. The van der Waals surface area contributed by atoms with Gasteiger partial charge in [-0.15, -0.1) is 0 Å². The Labute approximate surface area is 134 Å². The monoisotopic (exact) mass is 327 g/mol. The molecule has 0 bridgehead atoms. The molecule has 1 aromatic heterocycles. The van der Waals surface area contributed by atoms with Crippen LogP contribution in [0, 0.1) is 0 Å². The second-order valence-corrected chi connectivity index (χ2v) is 7.39. The number of nitrogens with zero attached hydrogens (tertiary/aromatic N) is 2. The van der Waals surface area contributed by atoms with Gasteiger partial charge in [-0.1, -0.05) is 31.2 Å². The zero-order valence-electron chi connectivity index (χ0n) is 12.6. The Morgan fingerprint density at radius 1 is 1.04 bits per heavy atom. The molecule has 117 valence electrons. The first kappa shape index (κ1) is 15.6. The van der Waals surface area contributed by atoms with E-state index in [1.54, 1.807) is 31.2 Å². The number of benzene rings is 2. The Morgan fingerprint density at radius 3 is 2.43 bits per heavy atom. The lowest BCUT2D eigenvalue weighted by atomic mass is 10.0. The summed E-state index contributed by atoms with van der Waals surface area (Å²) in [6.07, 6.45) is 1.48. The molecule has 0 amide bonds. The van der Waals surface area contributed by atoms with Crippen molar-refractivity contribution in [1.82, 2.24) is 9.97 Å². The fourth-order valence-corrected chi connectivity index (χ4v) is 3.26. The summed E-state index contributed by atoms with van der Waals surface area (Å²) in [5.74, 6) is 0.0684. The summed E-state index contributed by atoms with van der Waals surface area (Å²) >= 11 is 0. The van der Waals surface area contributed by atoms with E-state index in [-0.39, 0.29) is 5.75 Å². The molecule has 23 heavy (non-hydrogen) atoms. The Bertz CT molecular complexity index is 951. The van der Waals surface area contributed by atoms with Gasteiger partial charge in [-0.05, 0) is 23.8 Å². The van der Waals surface area contributed by atoms with Crippen LogP contribution in [0.1, 0.15) is 12.6 Å². The summed E-state index contributed by atoms with van der Waals surface area (Å²) in [7, 11) is -3.22. The normalized spacial score (nSPS) is 11.7. The van der Waals surface area contributed by atoms with Crippen molar-refractivity contribution in [1.29, 1.82) is 0 Å². The summed E-state index contributed by atoms with van der Waals surface area (Å²) in [5, 5.41) is 11.0. The van der Waals surface area contributed by atoms with Crippen LogP contribution in [0.25, 0.3) is 22.2 Å². The predicted molar refractivity (Wildman–Crippen MR) is 87.1 cm³/mol. The van der Waals surface area contributed by atoms with Crippen molar-refractivity contribution in [2.45, 2.75) is 18.4 Å². The van der Waals surface area contributed by atoms with Crippen LogP contribution in [-0.2, 0) is 21.6 Å². The quantitative estimate of drug-likeness (QED) is 0.738. The molecule has 0 unspecified atom stereocenters. The average molecular weight is 327 g/mol. The molecular weight excluding hydrogens is 312 g/mol. The molecule has 1 radical (unpaired) electrons. The lowest BCUT2D eigenvalue weighted by molar-refractivity contribution is 0.174. The van der Waals surface area contributed by atoms with E-state index in [0.29, 0.717) is 21.6 Å². The SMILES string of the molecule is CCS(=O)(=O)c1ccc(-c2cccc3ncc(C[O])nc23)cc1. The van der Waals surface area contributed by atoms with E-state index < -0.39 is 16.4 Å². The maximum Gasteiger partial charge on any atom is 0.178 e. The van der Waals surface area contributed by atoms with Crippen LogP contribution in [-0.4, -0.2) is 24.1 Å². The van der Waals surface area contributed by atoms with Gasteiger partial charge < -0.3 is 0 Å². The molecule has 0 saturated heterocycles. The highest BCUT2D eigenvalue weighted by Crippen LogP contribution is 2.27. The Morgan fingerprint density at radius 2 is 1.78 bits per heavy atom. The van der Waals surface area contributed by atoms with E-state index in [4.69, 9.17) is 0 Å². The van der Waals surface area contributed by atoms with Gasteiger partial charge in [0.15, 0.2) is 9.84 Å². The van der Waals surface area contributed by atoms with Gasteiger partial charge in [-0.3, -0.25) is 4.98 Å². The van der Waals surface area contributed by atoms with Crippen molar-refractivity contribution in [3.8, 4) is 11.1 Å². The molecule has 6 heteroatoms. The Balaban J connectivity index is 2.13. The zero-order valence-corrected chi connectivity index (χ0v) is 13.4. The van der Waals surface area contributed by atoms with Crippen LogP contribution in [0.4, 0.5) is 0 Å². The van der Waals surface area contributed by atoms with E-state index in [0.717, 1.165) is 11.1 Å². The van der Waals surface area contributed by atoms with Gasteiger partial charge in [-0.2, -0.15) is 0 Å². The highest BCUT2D eigenvalue weighted by molar-refractivity contribution is 7.91. The standard InChI is InChI=1S/C17H15N2O3S/c1-2-23(21,22)14-8-6-12(7-9-14)15-4-3-5-16-17(15)19-13(11-20)10-18-16/h3-10H,2,11H2,1H3. The first-order valence-electron chi connectivity index (χ1n) is 7.21. The Kier molecular flexibility index (Phi) is 4.11. The first-order valence-corrected chi connectivity index (χ1v) is 8.86. The molecule has 0 saturated carbocycles. The molecule has 0 spiro atoms. The third-order valence-electron chi connectivity index (χ3n) is 3.68. The zero-order chi connectivity index (χ0) is 16.4. The van der Waals surface area contributed by atoms with Gasteiger partial charge in [0, 0.05) is 5.56 Å². The number of hydrogen-bond donors (Lipinski definition) is 0. The van der Waals surface area contributed by atoms with Crippen molar-refractivity contribution in [3.63, 3.8) is 0 Å². The van der Waals surface area contributed by atoms with Gasteiger partial charge in [-0.25, -0.2) is 18.5 Å². The maximum absolute atomic E-state index is 11.9. The largest absolute Gasteiger partial charge is 0.253 e. The minimum Gasteiger partial charge on any atom is -0.253 e. The molecule has 0 aliphatic rings. The number of hydrogen-bond acceptors (Lipinski definition) is 4. The van der Waals surface area contributed by atoms with Gasteiger partial charge in [0.05, 0.1) is 33.6 Å². The molecule has 0 N–H and O–H groups in total. The average Bonchev–Trinajstić information content (AvgIpc) is 2.60. The van der Waals surface area contributed by atoms with Crippen LogP contribution in [0.2, 0.25) is 0 Å². The van der Waals surface area contributed by atoms with E-state index in [2.05, 4.69) is 9.97 Å². The van der Waals surface area contributed by atoms with Crippen molar-refractivity contribution >= 4 is 20.9 Å². The minimum absolute atomic E-state index is 0.0684. The fraction of sp³-hybridized carbons (Fsp3) is 0.176. The van der Waals surface area contributed by atoms with Crippen LogP contribution in [0.5, 0.6) is 0 Å². The second-order valence-electron chi connectivity index (χ2n) is 5.11. The molecular formula is C17H15N2O3S. The van der Waals surface area contributed by atoms with Crippen LogP contribution in [0.15, 0.2) is 53.6 Å². The van der Waals surface area contributed by atoms with E-state index in [1.165, 1.54) is 6.20 Å². The molecule has 5 nitrogen and oxygen atoms in total. The number of para-hydroxylation sites is 1. The third kappa shape index (κ3) is 2.95. The molecule has 3 aromatic rings. The van der Waals surface area contributed by atoms with Crippen molar-refractivity contribution in [2.75, 3.05) is 5.75 Å². The topological polar surface area (TPSA) is 79.8 Å². The van der Waals surface area contributed by atoms with Gasteiger partial charge in [0.2, 0.25) is 0 Å². The number of aromatic nitrogens is 2. The van der Waals surface area contributed by atoms with Gasteiger partial charge in [0.1, 0.15) is 6.61 Å². The van der Waals surface area contributed by atoms with Crippen LogP contribution >= 0.6 is 0 Å². The summed E-state index contributed by atoms with van der Waals surface area (Å²) in [5.41, 5.74) is 3.39. The lowest BCUT2D eigenvalue weighted by Gasteiger charge is -2.08. The number of rotatable bonds is 4. The van der Waals surface area contributed by atoms with Gasteiger partial charge in [0.25, 0.3) is 0 Å².